The number of carbonyl (C=O) groups excluding carboxylic acids is 1. The predicted octanol–water partition coefficient (Wildman–Crippen LogP) is 5.77. The molecule has 0 unspecified atom stereocenters. The Morgan fingerprint density at radius 3 is 2.62 bits per heavy atom. The smallest absolute Gasteiger partial charge is 0.290 e. The largest absolute Gasteiger partial charge is 0.491 e. The second-order valence-corrected chi connectivity index (χ2v) is 8.20. The number of pyridine rings is 1. The number of benzene rings is 1. The van der Waals surface area contributed by atoms with Gasteiger partial charge < -0.3 is 24.7 Å². The van der Waals surface area contributed by atoms with Crippen molar-refractivity contribution in [1.29, 1.82) is 0 Å². The van der Waals surface area contributed by atoms with Gasteiger partial charge in [0.25, 0.3) is 5.91 Å². The maximum absolute atomic E-state index is 12.6. The van der Waals surface area contributed by atoms with Crippen molar-refractivity contribution in [3.63, 3.8) is 0 Å². The van der Waals surface area contributed by atoms with Gasteiger partial charge in [-0.25, -0.2) is 4.98 Å². The van der Waals surface area contributed by atoms with Crippen LogP contribution in [0.2, 0.25) is 10.0 Å². The zero-order valence-electron chi connectivity index (χ0n) is 19.4. The van der Waals surface area contributed by atoms with Crippen molar-refractivity contribution < 1.29 is 14.3 Å². The number of nitrogens with one attached hydrogen (secondary N) is 2. The van der Waals surface area contributed by atoms with Crippen LogP contribution in [0.1, 0.15) is 19.5 Å². The molecule has 3 aromatic rings. The van der Waals surface area contributed by atoms with E-state index in [1.54, 1.807) is 42.6 Å². The molecule has 0 radical (unpaired) electrons. The molecule has 0 bridgehead atoms. The number of carbonyl (C=O) groups is 1. The molecule has 0 atom stereocenters. The molecule has 0 aliphatic heterocycles. The van der Waals surface area contributed by atoms with Crippen LogP contribution < -0.4 is 10.1 Å². The number of aromatic nitrogens is 2. The molecule has 2 heterocycles. The lowest BCUT2D eigenvalue weighted by molar-refractivity contribution is -0.115. The second-order valence-electron chi connectivity index (χ2n) is 7.39. The Balaban J connectivity index is 1.57. The van der Waals surface area contributed by atoms with Gasteiger partial charge in [0.05, 0.1) is 29.0 Å². The fourth-order valence-corrected chi connectivity index (χ4v) is 3.60. The summed E-state index contributed by atoms with van der Waals surface area (Å²) in [5, 5.41) is 4.69. The lowest BCUT2D eigenvalue weighted by Crippen LogP contribution is -2.28. The van der Waals surface area contributed by atoms with Gasteiger partial charge in [-0.1, -0.05) is 43.1 Å². The van der Waals surface area contributed by atoms with Crippen LogP contribution in [-0.2, 0) is 9.53 Å². The molecule has 0 aliphatic carbocycles. The number of methoxy groups -OCH3 is 1. The van der Waals surface area contributed by atoms with E-state index < -0.39 is 0 Å². The third-order valence-corrected chi connectivity index (χ3v) is 5.92. The number of fused-ring (bicyclic) bond motifs is 1. The molecule has 7 nitrogen and oxygen atoms in total. The van der Waals surface area contributed by atoms with Crippen molar-refractivity contribution in [2.75, 3.05) is 38.7 Å². The number of amides is 1. The SMILES string of the molecule is CCN(CC)CCOc1ccc(NC(=O)/C(=C\C=C\c2cc3cc(Cl)c(Cl)cc3[nH]2)OC)cn1. The standard InChI is InChI=1S/C25H28Cl2N4O3/c1-4-31(5-2)11-12-34-24-10-9-19(16-28-24)30-25(32)23(33-3)8-6-7-18-13-17-14-20(26)21(27)15-22(17)29-18/h6-10,13-16,29H,4-5,11-12H2,1-3H3,(H,30,32)/b7-6+,23-8+. The molecular formula is C25H28Cl2N4O3. The lowest BCUT2D eigenvalue weighted by atomic mass is 10.2. The molecule has 9 heteroatoms. The average Bonchev–Trinajstić information content (AvgIpc) is 3.22. The minimum absolute atomic E-state index is 0.151. The Labute approximate surface area is 209 Å². The highest BCUT2D eigenvalue weighted by molar-refractivity contribution is 6.42. The Bertz CT molecular complexity index is 1130. The van der Waals surface area contributed by atoms with Gasteiger partial charge in [-0.05, 0) is 49.5 Å². The number of aromatic amines is 1. The number of likely N-dealkylation sites (N-methyl/N-ethyl adjacent to an activating group) is 1. The van der Waals surface area contributed by atoms with Crippen LogP contribution in [0.5, 0.6) is 5.88 Å². The Morgan fingerprint density at radius 2 is 1.94 bits per heavy atom. The minimum atomic E-state index is -0.389. The van der Waals surface area contributed by atoms with Gasteiger partial charge in [-0.2, -0.15) is 0 Å². The Kier molecular flexibility index (Phi) is 9.39. The van der Waals surface area contributed by atoms with Gasteiger partial charge >= 0.3 is 0 Å². The number of H-pyrrole nitrogens is 1. The van der Waals surface area contributed by atoms with Gasteiger partial charge in [-0.15, -0.1) is 0 Å². The number of hydrogen-bond acceptors (Lipinski definition) is 5. The molecule has 1 amide bonds. The molecule has 0 aliphatic rings. The highest BCUT2D eigenvalue weighted by atomic mass is 35.5. The van der Waals surface area contributed by atoms with E-state index in [0.717, 1.165) is 36.2 Å². The first-order valence-corrected chi connectivity index (χ1v) is 11.7. The van der Waals surface area contributed by atoms with Crippen LogP contribution in [0, 0.1) is 0 Å². The van der Waals surface area contributed by atoms with Gasteiger partial charge in [0.1, 0.15) is 6.61 Å². The monoisotopic (exact) mass is 502 g/mol. The molecule has 180 valence electrons. The van der Waals surface area contributed by atoms with E-state index in [9.17, 15) is 4.79 Å². The van der Waals surface area contributed by atoms with Crippen molar-refractivity contribution in [2.45, 2.75) is 13.8 Å². The summed E-state index contributed by atoms with van der Waals surface area (Å²) in [6.07, 6.45) is 6.67. The van der Waals surface area contributed by atoms with Crippen LogP contribution in [0.3, 0.4) is 0 Å². The lowest BCUT2D eigenvalue weighted by Gasteiger charge is -2.17. The van der Waals surface area contributed by atoms with Crippen molar-refractivity contribution in [3.05, 3.63) is 70.2 Å². The molecule has 34 heavy (non-hydrogen) atoms. The van der Waals surface area contributed by atoms with Crippen LogP contribution in [0.25, 0.3) is 17.0 Å². The van der Waals surface area contributed by atoms with Crippen LogP contribution >= 0.6 is 23.2 Å². The maximum atomic E-state index is 12.6. The summed E-state index contributed by atoms with van der Waals surface area (Å²) < 4.78 is 10.9. The number of allylic oxidation sites excluding steroid dienone is 2. The fourth-order valence-electron chi connectivity index (χ4n) is 3.27. The van der Waals surface area contributed by atoms with Gasteiger partial charge in [0.2, 0.25) is 5.88 Å². The average molecular weight is 503 g/mol. The summed E-state index contributed by atoms with van der Waals surface area (Å²) in [5.74, 6) is 0.272. The van der Waals surface area contributed by atoms with Crippen molar-refractivity contribution in [2.24, 2.45) is 0 Å². The zero-order chi connectivity index (χ0) is 24.5. The van der Waals surface area contributed by atoms with E-state index in [4.69, 9.17) is 32.7 Å². The number of halogens is 2. The van der Waals surface area contributed by atoms with Crippen molar-refractivity contribution in [3.8, 4) is 5.88 Å². The van der Waals surface area contributed by atoms with E-state index in [1.807, 2.05) is 12.1 Å². The first-order valence-electron chi connectivity index (χ1n) is 11.0. The summed E-state index contributed by atoms with van der Waals surface area (Å²) in [6.45, 7) is 7.59. The third-order valence-electron chi connectivity index (χ3n) is 5.20. The van der Waals surface area contributed by atoms with Crippen LogP contribution in [0.4, 0.5) is 5.69 Å². The first kappa shape index (κ1) is 25.6. The molecule has 0 fully saturated rings. The highest BCUT2D eigenvalue weighted by Crippen LogP contribution is 2.28. The fraction of sp³-hybridized carbons (Fsp3) is 0.280. The molecule has 0 saturated carbocycles. The summed E-state index contributed by atoms with van der Waals surface area (Å²) >= 11 is 12.1. The maximum Gasteiger partial charge on any atom is 0.290 e. The number of rotatable bonds is 11. The summed E-state index contributed by atoms with van der Waals surface area (Å²) in [5.41, 5.74) is 2.24. The first-order chi connectivity index (χ1) is 16.4. The predicted molar refractivity (Wildman–Crippen MR) is 139 cm³/mol. The van der Waals surface area contributed by atoms with Crippen LogP contribution in [0.15, 0.2) is 54.4 Å². The van der Waals surface area contributed by atoms with Crippen LogP contribution in [-0.4, -0.2) is 54.1 Å². The number of hydrogen-bond donors (Lipinski definition) is 2. The molecule has 1 aromatic carbocycles. The zero-order valence-corrected chi connectivity index (χ0v) is 20.9. The van der Waals surface area contributed by atoms with Crippen molar-refractivity contribution >= 4 is 51.8 Å². The Hall–Kier alpha value is -3.00. The highest BCUT2D eigenvalue weighted by Gasteiger charge is 2.10. The summed E-state index contributed by atoms with van der Waals surface area (Å²) in [6, 6.07) is 8.97. The second kappa shape index (κ2) is 12.5. The summed E-state index contributed by atoms with van der Waals surface area (Å²) in [7, 11) is 1.44. The molecule has 2 N–H and O–H groups in total. The normalized spacial score (nSPS) is 12.0. The van der Waals surface area contributed by atoms with E-state index in [2.05, 4.69) is 34.0 Å². The molecule has 2 aromatic heterocycles. The van der Waals surface area contributed by atoms with Crippen molar-refractivity contribution in [1.82, 2.24) is 14.9 Å². The van der Waals surface area contributed by atoms with E-state index in [0.29, 0.717) is 28.2 Å². The number of nitrogens with zero attached hydrogens (tertiary/aromatic N) is 2. The van der Waals surface area contributed by atoms with Gasteiger partial charge in [-0.3, -0.25) is 4.79 Å². The van der Waals surface area contributed by atoms with E-state index in [-0.39, 0.29) is 11.7 Å². The topological polar surface area (TPSA) is 79.5 Å². The molecule has 3 rings (SSSR count). The minimum Gasteiger partial charge on any atom is -0.491 e. The third kappa shape index (κ3) is 7.00. The Morgan fingerprint density at radius 1 is 1.18 bits per heavy atom. The molecule has 0 saturated heterocycles. The molecule has 0 spiro atoms. The summed E-state index contributed by atoms with van der Waals surface area (Å²) in [4.78, 5) is 22.3. The number of anilines is 1. The van der Waals surface area contributed by atoms with E-state index in [1.165, 1.54) is 7.11 Å². The van der Waals surface area contributed by atoms with Gasteiger partial charge in [0.15, 0.2) is 5.76 Å². The molecular weight excluding hydrogens is 475 g/mol. The quantitative estimate of drug-likeness (QED) is 0.197. The van der Waals surface area contributed by atoms with Gasteiger partial charge in [0, 0.05) is 29.2 Å². The van der Waals surface area contributed by atoms with E-state index >= 15 is 0 Å². The number of ether oxygens (including phenoxy) is 2.